The number of carbonyl (C=O) groups excluding carboxylic acids is 4. The quantitative estimate of drug-likeness (QED) is 0.167. The van der Waals surface area contributed by atoms with E-state index < -0.39 is 36.0 Å². The van der Waals surface area contributed by atoms with Gasteiger partial charge in [0.25, 0.3) is 0 Å². The van der Waals surface area contributed by atoms with E-state index in [0.29, 0.717) is 17.7 Å². The van der Waals surface area contributed by atoms with Gasteiger partial charge in [0.1, 0.15) is 18.7 Å². The fourth-order valence-electron chi connectivity index (χ4n) is 5.12. The van der Waals surface area contributed by atoms with Crippen LogP contribution in [0.15, 0.2) is 72.8 Å². The SMILES string of the molecule is CC[C@H](NC(=O)OCC1c2ccccc2-c2ccccc21)C(=O)N[C@@H](CCCNC(N)=O)C(=O)Nc1ccc(CO)cc1. The number of fused-ring (bicyclic) bond motifs is 3. The number of hydrogen-bond donors (Lipinski definition) is 6. The summed E-state index contributed by atoms with van der Waals surface area (Å²) in [5.41, 5.74) is 10.7. The first-order chi connectivity index (χ1) is 20.8. The summed E-state index contributed by atoms with van der Waals surface area (Å²) in [6.45, 7) is 1.93. The van der Waals surface area contributed by atoms with E-state index >= 15 is 0 Å². The Hall–Kier alpha value is -4.90. The third-order valence-corrected chi connectivity index (χ3v) is 7.37. The number of ether oxygens (including phenoxy) is 1. The minimum absolute atomic E-state index is 0.102. The molecule has 0 unspecified atom stereocenters. The Bertz CT molecular complexity index is 1400. The zero-order chi connectivity index (χ0) is 30.8. The average Bonchev–Trinajstić information content (AvgIpc) is 3.34. The first-order valence-corrected chi connectivity index (χ1v) is 14.3. The number of aliphatic hydroxyl groups excluding tert-OH is 1. The summed E-state index contributed by atoms with van der Waals surface area (Å²) in [5, 5.41) is 19.8. The molecule has 0 saturated heterocycles. The summed E-state index contributed by atoms with van der Waals surface area (Å²) in [4.78, 5) is 50.2. The van der Waals surface area contributed by atoms with Gasteiger partial charge in [-0.1, -0.05) is 67.6 Å². The lowest BCUT2D eigenvalue weighted by atomic mass is 9.98. The van der Waals surface area contributed by atoms with Crippen molar-refractivity contribution in [1.82, 2.24) is 16.0 Å². The molecule has 0 fully saturated rings. The van der Waals surface area contributed by atoms with Crippen molar-refractivity contribution in [3.05, 3.63) is 89.5 Å². The van der Waals surface area contributed by atoms with Crippen molar-refractivity contribution >= 4 is 29.6 Å². The number of carbonyl (C=O) groups is 4. The Morgan fingerprint density at radius 1 is 0.860 bits per heavy atom. The molecule has 43 heavy (non-hydrogen) atoms. The lowest BCUT2D eigenvalue weighted by Gasteiger charge is -2.23. The van der Waals surface area contributed by atoms with E-state index in [1.165, 1.54) is 0 Å². The zero-order valence-electron chi connectivity index (χ0n) is 24.0. The van der Waals surface area contributed by atoms with E-state index in [4.69, 9.17) is 10.5 Å². The highest BCUT2D eigenvalue weighted by Gasteiger charge is 2.30. The lowest BCUT2D eigenvalue weighted by molar-refractivity contribution is -0.128. The molecule has 0 radical (unpaired) electrons. The van der Waals surface area contributed by atoms with Gasteiger partial charge < -0.3 is 36.8 Å². The van der Waals surface area contributed by atoms with Crippen LogP contribution in [0.25, 0.3) is 11.1 Å². The fourth-order valence-corrected chi connectivity index (χ4v) is 5.12. The number of urea groups is 1. The summed E-state index contributed by atoms with van der Waals surface area (Å²) < 4.78 is 5.60. The largest absolute Gasteiger partial charge is 0.449 e. The normalized spacial score (nSPS) is 13.2. The number of primary amides is 1. The molecule has 0 aliphatic heterocycles. The molecule has 0 saturated carbocycles. The maximum Gasteiger partial charge on any atom is 0.407 e. The van der Waals surface area contributed by atoms with Crippen molar-refractivity contribution in [2.24, 2.45) is 5.73 Å². The van der Waals surface area contributed by atoms with Crippen LogP contribution in [0.2, 0.25) is 0 Å². The van der Waals surface area contributed by atoms with Gasteiger partial charge in [0.05, 0.1) is 6.61 Å². The molecule has 3 aromatic carbocycles. The van der Waals surface area contributed by atoms with Gasteiger partial charge in [0.2, 0.25) is 11.8 Å². The minimum atomic E-state index is -0.960. The van der Waals surface area contributed by atoms with Crippen molar-refractivity contribution in [2.45, 2.75) is 50.8 Å². The molecule has 1 aliphatic rings. The van der Waals surface area contributed by atoms with Gasteiger partial charge in [-0.3, -0.25) is 9.59 Å². The maximum atomic E-state index is 13.2. The average molecular weight is 588 g/mol. The second-order valence-corrected chi connectivity index (χ2v) is 10.3. The van der Waals surface area contributed by atoms with E-state index in [-0.39, 0.29) is 38.5 Å². The van der Waals surface area contributed by atoms with Gasteiger partial charge in [-0.05, 0) is 59.2 Å². The molecule has 3 aromatic rings. The molecule has 11 heteroatoms. The smallest absolute Gasteiger partial charge is 0.407 e. The van der Waals surface area contributed by atoms with Crippen LogP contribution in [0.5, 0.6) is 0 Å². The number of anilines is 1. The molecule has 4 rings (SSSR count). The third kappa shape index (κ3) is 8.10. The molecule has 5 amide bonds. The van der Waals surface area contributed by atoms with Gasteiger partial charge in [-0.15, -0.1) is 0 Å². The van der Waals surface area contributed by atoms with Crippen molar-refractivity contribution in [3.63, 3.8) is 0 Å². The van der Waals surface area contributed by atoms with Crippen LogP contribution < -0.4 is 27.0 Å². The highest BCUT2D eigenvalue weighted by molar-refractivity contribution is 5.98. The Morgan fingerprint density at radius 2 is 1.49 bits per heavy atom. The van der Waals surface area contributed by atoms with Crippen LogP contribution in [0.4, 0.5) is 15.3 Å². The number of alkyl carbamates (subject to hydrolysis) is 1. The van der Waals surface area contributed by atoms with Gasteiger partial charge >= 0.3 is 12.1 Å². The van der Waals surface area contributed by atoms with Crippen LogP contribution in [0.1, 0.15) is 48.8 Å². The van der Waals surface area contributed by atoms with Gasteiger partial charge in [0.15, 0.2) is 0 Å². The number of benzene rings is 3. The third-order valence-electron chi connectivity index (χ3n) is 7.37. The highest BCUT2D eigenvalue weighted by Crippen LogP contribution is 2.44. The standard InChI is InChI=1S/C32H37N5O6/c1-2-27(37-32(42)43-19-26-24-10-5-3-8-22(24)23-9-4-6-11-25(23)26)29(39)36-28(12-7-17-34-31(33)41)30(40)35-21-15-13-20(18-38)14-16-21/h3-6,8-11,13-16,26-28,38H,2,7,12,17-19H2,1H3,(H,35,40)(H,36,39)(H,37,42)(H3,33,34,41)/t27-,28-/m0/s1. The molecule has 0 aromatic heterocycles. The van der Waals surface area contributed by atoms with Crippen molar-refractivity contribution in [3.8, 4) is 11.1 Å². The molecule has 7 N–H and O–H groups in total. The molecule has 226 valence electrons. The summed E-state index contributed by atoms with van der Waals surface area (Å²) in [6.07, 6.45) is 0.0884. The monoisotopic (exact) mass is 587 g/mol. The second-order valence-electron chi connectivity index (χ2n) is 10.3. The molecule has 0 bridgehead atoms. The Labute approximate surface area is 250 Å². The Morgan fingerprint density at radius 3 is 2.07 bits per heavy atom. The topological polar surface area (TPSA) is 172 Å². The number of nitrogens with one attached hydrogen (secondary N) is 4. The highest BCUT2D eigenvalue weighted by atomic mass is 16.5. The molecule has 0 spiro atoms. The van der Waals surface area contributed by atoms with Crippen LogP contribution >= 0.6 is 0 Å². The zero-order valence-corrected chi connectivity index (χ0v) is 24.0. The lowest BCUT2D eigenvalue weighted by Crippen LogP contribution is -2.52. The molecule has 1 aliphatic carbocycles. The van der Waals surface area contributed by atoms with E-state index in [2.05, 4.69) is 21.3 Å². The number of aliphatic hydroxyl groups is 1. The molecule has 2 atom stereocenters. The predicted octanol–water partition coefficient (Wildman–Crippen LogP) is 3.37. The second kappa shape index (κ2) is 14.8. The van der Waals surface area contributed by atoms with Crippen molar-refractivity contribution in [2.75, 3.05) is 18.5 Å². The summed E-state index contributed by atoms with van der Waals surface area (Å²) >= 11 is 0. The number of rotatable bonds is 13. The molecular formula is C32H37N5O6. The van der Waals surface area contributed by atoms with Crippen LogP contribution in [-0.4, -0.2) is 54.3 Å². The number of nitrogens with two attached hydrogens (primary N) is 1. The van der Waals surface area contributed by atoms with Crippen LogP contribution in [0.3, 0.4) is 0 Å². The first-order valence-electron chi connectivity index (χ1n) is 14.3. The van der Waals surface area contributed by atoms with E-state index in [1.54, 1.807) is 31.2 Å². The first kappa shape index (κ1) is 31.0. The Kier molecular flexibility index (Phi) is 10.7. The van der Waals surface area contributed by atoms with Crippen LogP contribution in [-0.2, 0) is 20.9 Å². The summed E-state index contributed by atoms with van der Waals surface area (Å²) in [7, 11) is 0. The van der Waals surface area contributed by atoms with E-state index in [9.17, 15) is 24.3 Å². The Balaban J connectivity index is 1.36. The van der Waals surface area contributed by atoms with Gasteiger partial charge in [-0.2, -0.15) is 0 Å². The fraction of sp³-hybridized carbons (Fsp3) is 0.312. The maximum absolute atomic E-state index is 13.2. The van der Waals surface area contributed by atoms with E-state index in [0.717, 1.165) is 22.3 Å². The van der Waals surface area contributed by atoms with Gasteiger partial charge in [0, 0.05) is 18.2 Å². The molecule has 0 heterocycles. The van der Waals surface area contributed by atoms with E-state index in [1.807, 2.05) is 48.5 Å². The predicted molar refractivity (Wildman–Crippen MR) is 162 cm³/mol. The number of amides is 5. The van der Waals surface area contributed by atoms with Crippen molar-refractivity contribution in [1.29, 1.82) is 0 Å². The number of hydrogen-bond acceptors (Lipinski definition) is 6. The summed E-state index contributed by atoms with van der Waals surface area (Å²) in [5.74, 6) is -1.14. The minimum Gasteiger partial charge on any atom is -0.449 e. The van der Waals surface area contributed by atoms with Crippen molar-refractivity contribution < 1.29 is 29.0 Å². The molecule has 11 nitrogen and oxygen atoms in total. The van der Waals surface area contributed by atoms with Gasteiger partial charge in [-0.25, -0.2) is 9.59 Å². The summed E-state index contributed by atoms with van der Waals surface area (Å²) in [6, 6.07) is 20.0. The molecular weight excluding hydrogens is 550 g/mol. The van der Waals surface area contributed by atoms with Crippen LogP contribution in [0, 0.1) is 0 Å².